The predicted molar refractivity (Wildman–Crippen MR) is 74.8 cm³/mol. The molecule has 4 heteroatoms. The number of anilines is 1. The van der Waals surface area contributed by atoms with Gasteiger partial charge < -0.3 is 10.6 Å². The van der Waals surface area contributed by atoms with E-state index in [2.05, 4.69) is 40.6 Å². The smallest absolute Gasteiger partial charge is 0.129 e. The normalized spacial score (nSPS) is 23.9. The van der Waals surface area contributed by atoms with Crippen molar-refractivity contribution in [1.82, 2.24) is 15.3 Å². The largest absolute Gasteiger partial charge is 0.367 e. The lowest BCUT2D eigenvalue weighted by Crippen LogP contribution is -2.35. The molecule has 0 unspecified atom stereocenters. The van der Waals surface area contributed by atoms with Gasteiger partial charge in [-0.05, 0) is 39.2 Å². The van der Waals surface area contributed by atoms with Gasteiger partial charge in [0.15, 0.2) is 0 Å². The highest BCUT2D eigenvalue weighted by molar-refractivity contribution is 5.36. The van der Waals surface area contributed by atoms with Crippen LogP contribution in [0.4, 0.5) is 5.82 Å². The van der Waals surface area contributed by atoms with Crippen LogP contribution in [0.1, 0.15) is 44.7 Å². The number of nitrogens with one attached hydrogen (secondary N) is 2. The molecule has 0 amide bonds. The van der Waals surface area contributed by atoms with Crippen molar-refractivity contribution in [2.75, 3.05) is 12.4 Å². The van der Waals surface area contributed by atoms with E-state index in [-0.39, 0.29) is 0 Å². The van der Waals surface area contributed by atoms with Crippen LogP contribution >= 0.6 is 0 Å². The van der Waals surface area contributed by atoms with Crippen molar-refractivity contribution in [3.05, 3.63) is 18.1 Å². The average molecular weight is 248 g/mol. The Kier molecular flexibility index (Phi) is 4.93. The zero-order chi connectivity index (χ0) is 12.8. The fourth-order valence-electron chi connectivity index (χ4n) is 2.60. The summed E-state index contributed by atoms with van der Waals surface area (Å²) in [5.74, 6) is 0.987. The van der Waals surface area contributed by atoms with Crippen molar-refractivity contribution in [3.8, 4) is 0 Å². The highest BCUT2D eigenvalue weighted by Crippen LogP contribution is 2.21. The summed E-state index contributed by atoms with van der Waals surface area (Å²) in [7, 11) is 2.06. The molecule has 0 spiro atoms. The Balaban J connectivity index is 1.87. The number of aryl methyl sites for hydroxylation is 1. The van der Waals surface area contributed by atoms with E-state index in [0.29, 0.717) is 12.1 Å². The zero-order valence-electron chi connectivity index (χ0n) is 11.4. The highest BCUT2D eigenvalue weighted by Gasteiger charge is 2.19. The first-order chi connectivity index (χ1) is 8.81. The lowest BCUT2D eigenvalue weighted by Gasteiger charge is -2.29. The molecule has 1 aromatic heterocycles. The maximum absolute atomic E-state index is 4.32. The van der Waals surface area contributed by atoms with E-state index in [0.717, 1.165) is 24.4 Å². The molecule has 1 fully saturated rings. The topological polar surface area (TPSA) is 49.8 Å². The second kappa shape index (κ2) is 6.69. The third-order valence-electron chi connectivity index (χ3n) is 3.72. The van der Waals surface area contributed by atoms with Crippen LogP contribution in [0.25, 0.3) is 0 Å². The van der Waals surface area contributed by atoms with Gasteiger partial charge in [-0.1, -0.05) is 13.3 Å². The number of hydrogen-bond donors (Lipinski definition) is 2. The molecule has 2 rings (SSSR count). The van der Waals surface area contributed by atoms with Crippen LogP contribution in [0.15, 0.2) is 12.4 Å². The first-order valence-corrected chi connectivity index (χ1v) is 7.06. The van der Waals surface area contributed by atoms with Crippen molar-refractivity contribution in [3.63, 3.8) is 0 Å². The Labute approximate surface area is 110 Å². The van der Waals surface area contributed by atoms with E-state index in [4.69, 9.17) is 0 Å². The quantitative estimate of drug-likeness (QED) is 0.840. The SMILES string of the molecule is CCCc1cc(NC2CCC(NC)CC2)ncn1. The molecule has 100 valence electrons. The number of rotatable bonds is 5. The molecule has 4 nitrogen and oxygen atoms in total. The van der Waals surface area contributed by atoms with Crippen LogP contribution in [-0.2, 0) is 6.42 Å². The van der Waals surface area contributed by atoms with Gasteiger partial charge in [-0.2, -0.15) is 0 Å². The lowest BCUT2D eigenvalue weighted by atomic mass is 9.91. The standard InChI is InChI=1S/C14H24N4/c1-3-4-13-9-14(17-10-16-13)18-12-7-5-11(15-2)6-8-12/h9-12,15H,3-8H2,1-2H3,(H,16,17,18). The monoisotopic (exact) mass is 248 g/mol. The number of aromatic nitrogens is 2. The summed E-state index contributed by atoms with van der Waals surface area (Å²) in [4.78, 5) is 8.60. The molecule has 0 aliphatic heterocycles. The molecule has 18 heavy (non-hydrogen) atoms. The predicted octanol–water partition coefficient (Wildman–Crippen LogP) is 2.37. The van der Waals surface area contributed by atoms with Gasteiger partial charge >= 0.3 is 0 Å². The Morgan fingerprint density at radius 3 is 2.56 bits per heavy atom. The first-order valence-electron chi connectivity index (χ1n) is 7.06. The summed E-state index contributed by atoms with van der Waals surface area (Å²) in [5, 5.41) is 6.91. The van der Waals surface area contributed by atoms with E-state index in [1.807, 2.05) is 0 Å². The molecule has 1 aliphatic carbocycles. The molecule has 0 bridgehead atoms. The minimum Gasteiger partial charge on any atom is -0.367 e. The van der Waals surface area contributed by atoms with Crippen molar-refractivity contribution >= 4 is 5.82 Å². The minimum absolute atomic E-state index is 0.568. The van der Waals surface area contributed by atoms with E-state index in [1.165, 1.54) is 25.7 Å². The Bertz CT molecular complexity index is 359. The van der Waals surface area contributed by atoms with Crippen LogP contribution in [0.5, 0.6) is 0 Å². The van der Waals surface area contributed by atoms with E-state index in [1.54, 1.807) is 6.33 Å². The van der Waals surface area contributed by atoms with Gasteiger partial charge in [0.05, 0.1) is 0 Å². The fourth-order valence-corrected chi connectivity index (χ4v) is 2.60. The molecule has 0 radical (unpaired) electrons. The molecule has 0 aromatic carbocycles. The molecule has 2 N–H and O–H groups in total. The molecule has 0 saturated heterocycles. The van der Waals surface area contributed by atoms with Gasteiger partial charge in [-0.15, -0.1) is 0 Å². The van der Waals surface area contributed by atoms with Gasteiger partial charge in [-0.3, -0.25) is 0 Å². The molecule has 1 aliphatic rings. The molecule has 1 saturated carbocycles. The van der Waals surface area contributed by atoms with Gasteiger partial charge in [0.25, 0.3) is 0 Å². The summed E-state index contributed by atoms with van der Waals surface area (Å²) in [6, 6.07) is 3.36. The van der Waals surface area contributed by atoms with Crippen molar-refractivity contribution in [2.45, 2.75) is 57.5 Å². The summed E-state index contributed by atoms with van der Waals surface area (Å²) in [5.41, 5.74) is 1.14. The summed E-state index contributed by atoms with van der Waals surface area (Å²) in [6.45, 7) is 2.17. The lowest BCUT2D eigenvalue weighted by molar-refractivity contribution is 0.371. The van der Waals surface area contributed by atoms with Crippen molar-refractivity contribution in [2.24, 2.45) is 0 Å². The van der Waals surface area contributed by atoms with Crippen LogP contribution < -0.4 is 10.6 Å². The molecule has 1 heterocycles. The third-order valence-corrected chi connectivity index (χ3v) is 3.72. The van der Waals surface area contributed by atoms with Gasteiger partial charge in [0, 0.05) is 23.8 Å². The van der Waals surface area contributed by atoms with Crippen LogP contribution in [0.2, 0.25) is 0 Å². The van der Waals surface area contributed by atoms with Crippen molar-refractivity contribution in [1.29, 1.82) is 0 Å². The molecular formula is C14H24N4. The van der Waals surface area contributed by atoms with E-state index in [9.17, 15) is 0 Å². The van der Waals surface area contributed by atoms with E-state index < -0.39 is 0 Å². The number of hydrogen-bond acceptors (Lipinski definition) is 4. The average Bonchev–Trinajstić information content (AvgIpc) is 2.40. The Morgan fingerprint density at radius 1 is 1.17 bits per heavy atom. The summed E-state index contributed by atoms with van der Waals surface area (Å²) in [6.07, 6.45) is 8.78. The van der Waals surface area contributed by atoms with Crippen LogP contribution in [0.3, 0.4) is 0 Å². The Morgan fingerprint density at radius 2 is 1.89 bits per heavy atom. The molecular weight excluding hydrogens is 224 g/mol. The number of nitrogens with zero attached hydrogens (tertiary/aromatic N) is 2. The van der Waals surface area contributed by atoms with Crippen molar-refractivity contribution < 1.29 is 0 Å². The Hall–Kier alpha value is -1.16. The third kappa shape index (κ3) is 3.67. The van der Waals surface area contributed by atoms with Gasteiger partial charge in [0.2, 0.25) is 0 Å². The van der Waals surface area contributed by atoms with Gasteiger partial charge in [0.1, 0.15) is 12.1 Å². The first kappa shape index (κ1) is 13.3. The van der Waals surface area contributed by atoms with Crippen LogP contribution in [-0.4, -0.2) is 29.1 Å². The maximum atomic E-state index is 4.32. The fraction of sp³-hybridized carbons (Fsp3) is 0.714. The second-order valence-corrected chi connectivity index (χ2v) is 5.13. The summed E-state index contributed by atoms with van der Waals surface area (Å²) >= 11 is 0. The summed E-state index contributed by atoms with van der Waals surface area (Å²) < 4.78 is 0. The van der Waals surface area contributed by atoms with Crippen LogP contribution in [0, 0.1) is 0 Å². The molecule has 1 aromatic rings. The maximum Gasteiger partial charge on any atom is 0.129 e. The van der Waals surface area contributed by atoms with Gasteiger partial charge in [-0.25, -0.2) is 9.97 Å². The molecule has 0 atom stereocenters. The zero-order valence-corrected chi connectivity index (χ0v) is 11.4. The second-order valence-electron chi connectivity index (χ2n) is 5.13. The highest BCUT2D eigenvalue weighted by atomic mass is 15.0. The van der Waals surface area contributed by atoms with E-state index >= 15 is 0 Å². The minimum atomic E-state index is 0.568.